The number of nitrogens with zero attached hydrogens (tertiary/aromatic N) is 2. The molecule has 18 heavy (non-hydrogen) atoms. The zero-order valence-corrected chi connectivity index (χ0v) is 10.2. The van der Waals surface area contributed by atoms with Crippen molar-refractivity contribution in [2.45, 2.75) is 5.03 Å². The second kappa shape index (κ2) is 6.11. The number of halogens is 1. The highest BCUT2D eigenvalue weighted by Gasteiger charge is 2.04. The lowest BCUT2D eigenvalue weighted by Crippen LogP contribution is -2.14. The van der Waals surface area contributed by atoms with Crippen LogP contribution in [0.1, 0.15) is 0 Å². The summed E-state index contributed by atoms with van der Waals surface area (Å²) in [5.41, 5.74) is 0.574. The van der Waals surface area contributed by atoms with Crippen LogP contribution in [0.4, 0.5) is 10.1 Å². The lowest BCUT2D eigenvalue weighted by atomic mass is 10.3. The molecule has 2 aromatic rings. The van der Waals surface area contributed by atoms with Gasteiger partial charge in [0.1, 0.15) is 12.1 Å². The fourth-order valence-electron chi connectivity index (χ4n) is 1.23. The molecule has 0 aliphatic carbocycles. The van der Waals surface area contributed by atoms with Gasteiger partial charge in [-0.2, -0.15) is 0 Å². The fourth-order valence-corrected chi connectivity index (χ4v) is 1.86. The first-order valence-electron chi connectivity index (χ1n) is 5.18. The number of hydrogen-bond donors (Lipinski definition) is 1. The average Bonchev–Trinajstić information content (AvgIpc) is 2.40. The highest BCUT2D eigenvalue weighted by molar-refractivity contribution is 7.99. The van der Waals surface area contributed by atoms with Gasteiger partial charge in [-0.05, 0) is 30.3 Å². The maximum absolute atomic E-state index is 12.7. The fraction of sp³-hybridized carbons (Fsp3) is 0.0833. The second-order valence-electron chi connectivity index (χ2n) is 3.39. The molecule has 0 unspecified atom stereocenters. The molecule has 0 fully saturated rings. The molecule has 0 aliphatic heterocycles. The van der Waals surface area contributed by atoms with Gasteiger partial charge in [-0.25, -0.2) is 14.4 Å². The van der Waals surface area contributed by atoms with Crippen LogP contribution in [-0.4, -0.2) is 21.6 Å². The molecular weight excluding hydrogens is 253 g/mol. The van der Waals surface area contributed by atoms with Gasteiger partial charge in [-0.1, -0.05) is 11.8 Å². The Morgan fingerprint density at radius 2 is 2.06 bits per heavy atom. The predicted octanol–water partition coefficient (Wildman–Crippen LogP) is 2.35. The van der Waals surface area contributed by atoms with Crippen molar-refractivity contribution >= 4 is 23.4 Å². The number of aromatic nitrogens is 2. The van der Waals surface area contributed by atoms with Gasteiger partial charge in [0.25, 0.3) is 0 Å². The Morgan fingerprint density at radius 3 is 2.72 bits per heavy atom. The molecule has 1 aromatic heterocycles. The van der Waals surface area contributed by atoms with Crippen LogP contribution in [0, 0.1) is 5.82 Å². The van der Waals surface area contributed by atoms with Gasteiger partial charge in [-0.15, -0.1) is 0 Å². The van der Waals surface area contributed by atoms with E-state index < -0.39 is 0 Å². The van der Waals surface area contributed by atoms with Crippen LogP contribution >= 0.6 is 11.8 Å². The van der Waals surface area contributed by atoms with Crippen molar-refractivity contribution < 1.29 is 9.18 Å². The van der Waals surface area contributed by atoms with Crippen LogP contribution in [0.5, 0.6) is 0 Å². The standard InChI is InChI=1S/C12H10FN3OS/c13-9-1-3-10(4-2-9)16-11(17)7-18-12-5-6-14-8-15-12/h1-6,8H,7H2,(H,16,17). The van der Waals surface area contributed by atoms with Crippen LogP contribution in [0.2, 0.25) is 0 Å². The Bertz CT molecular complexity index is 519. The maximum Gasteiger partial charge on any atom is 0.234 e. The highest BCUT2D eigenvalue weighted by atomic mass is 32.2. The molecular formula is C12H10FN3OS. The van der Waals surface area contributed by atoms with Crippen molar-refractivity contribution in [3.05, 3.63) is 48.7 Å². The lowest BCUT2D eigenvalue weighted by Gasteiger charge is -2.04. The van der Waals surface area contributed by atoms with E-state index in [1.807, 2.05) is 0 Å². The van der Waals surface area contributed by atoms with Crippen molar-refractivity contribution in [1.29, 1.82) is 0 Å². The van der Waals surface area contributed by atoms with Crippen molar-refractivity contribution in [3.63, 3.8) is 0 Å². The number of carbonyl (C=O) groups excluding carboxylic acids is 1. The smallest absolute Gasteiger partial charge is 0.234 e. The Balaban J connectivity index is 1.84. The van der Waals surface area contributed by atoms with E-state index in [9.17, 15) is 9.18 Å². The zero-order chi connectivity index (χ0) is 12.8. The SMILES string of the molecule is O=C(CSc1ccncn1)Nc1ccc(F)cc1. The van der Waals surface area contributed by atoms with E-state index in [-0.39, 0.29) is 17.5 Å². The average molecular weight is 263 g/mol. The van der Waals surface area contributed by atoms with Crippen molar-refractivity contribution in [3.8, 4) is 0 Å². The Labute approximate surface area is 108 Å². The molecule has 1 aromatic carbocycles. The number of hydrogen-bond acceptors (Lipinski definition) is 4. The van der Waals surface area contributed by atoms with E-state index in [0.717, 1.165) is 5.03 Å². The summed E-state index contributed by atoms with van der Waals surface area (Å²) in [5.74, 6) is -0.248. The molecule has 0 atom stereocenters. The minimum absolute atomic E-state index is 0.162. The molecule has 0 bridgehead atoms. The quantitative estimate of drug-likeness (QED) is 0.679. The minimum Gasteiger partial charge on any atom is -0.325 e. The zero-order valence-electron chi connectivity index (χ0n) is 9.34. The first kappa shape index (κ1) is 12.5. The topological polar surface area (TPSA) is 54.9 Å². The Hall–Kier alpha value is -1.95. The number of anilines is 1. The number of thioether (sulfide) groups is 1. The maximum atomic E-state index is 12.7. The predicted molar refractivity (Wildman–Crippen MR) is 67.8 cm³/mol. The van der Waals surface area contributed by atoms with Crippen molar-refractivity contribution in [2.24, 2.45) is 0 Å². The van der Waals surface area contributed by atoms with Gasteiger partial charge >= 0.3 is 0 Å². The Morgan fingerprint density at radius 1 is 1.28 bits per heavy atom. The summed E-state index contributed by atoms with van der Waals surface area (Å²) in [6.45, 7) is 0. The van der Waals surface area contributed by atoms with Crippen LogP contribution < -0.4 is 5.32 Å². The first-order valence-corrected chi connectivity index (χ1v) is 6.17. The number of nitrogens with one attached hydrogen (secondary N) is 1. The summed E-state index contributed by atoms with van der Waals surface area (Å²) in [7, 11) is 0. The number of rotatable bonds is 4. The third-order valence-corrected chi connectivity index (χ3v) is 2.98. The summed E-state index contributed by atoms with van der Waals surface area (Å²) in [6, 6.07) is 7.36. The van der Waals surface area contributed by atoms with Crippen LogP contribution in [0.3, 0.4) is 0 Å². The molecule has 0 spiro atoms. The van der Waals surface area contributed by atoms with E-state index in [1.54, 1.807) is 12.3 Å². The van der Waals surface area contributed by atoms with E-state index >= 15 is 0 Å². The molecule has 6 heteroatoms. The number of benzene rings is 1. The monoisotopic (exact) mass is 263 g/mol. The molecule has 2 rings (SSSR count). The molecule has 1 heterocycles. The van der Waals surface area contributed by atoms with Gasteiger partial charge in [0.05, 0.1) is 10.8 Å². The summed E-state index contributed by atoms with van der Waals surface area (Å²) in [6.07, 6.45) is 3.05. The normalized spacial score (nSPS) is 10.1. The summed E-state index contributed by atoms with van der Waals surface area (Å²) < 4.78 is 12.7. The third kappa shape index (κ3) is 3.81. The number of amides is 1. The molecule has 0 radical (unpaired) electrons. The van der Waals surface area contributed by atoms with Crippen molar-refractivity contribution in [2.75, 3.05) is 11.1 Å². The van der Waals surface area contributed by atoms with Crippen LogP contribution in [-0.2, 0) is 4.79 Å². The molecule has 1 amide bonds. The highest BCUT2D eigenvalue weighted by Crippen LogP contribution is 2.14. The van der Waals surface area contributed by atoms with Gasteiger partial charge in [0.2, 0.25) is 5.91 Å². The first-order chi connectivity index (χ1) is 8.74. The summed E-state index contributed by atoms with van der Waals surface area (Å²) >= 11 is 1.31. The van der Waals surface area contributed by atoms with E-state index in [2.05, 4.69) is 15.3 Å². The van der Waals surface area contributed by atoms with Gasteiger partial charge in [0.15, 0.2) is 0 Å². The van der Waals surface area contributed by atoms with Gasteiger partial charge < -0.3 is 5.32 Å². The molecule has 0 aliphatic rings. The van der Waals surface area contributed by atoms with Gasteiger partial charge in [0, 0.05) is 11.9 Å². The van der Waals surface area contributed by atoms with Crippen LogP contribution in [0.15, 0.2) is 47.9 Å². The Kier molecular flexibility index (Phi) is 4.25. The number of carbonyl (C=O) groups is 1. The largest absolute Gasteiger partial charge is 0.325 e. The molecule has 4 nitrogen and oxygen atoms in total. The molecule has 0 saturated heterocycles. The lowest BCUT2D eigenvalue weighted by molar-refractivity contribution is -0.113. The van der Waals surface area contributed by atoms with E-state index in [1.165, 1.54) is 42.4 Å². The van der Waals surface area contributed by atoms with Crippen LogP contribution in [0.25, 0.3) is 0 Å². The van der Waals surface area contributed by atoms with Gasteiger partial charge in [-0.3, -0.25) is 4.79 Å². The van der Waals surface area contributed by atoms with Crippen molar-refractivity contribution in [1.82, 2.24) is 9.97 Å². The molecule has 0 saturated carbocycles. The summed E-state index contributed by atoms with van der Waals surface area (Å²) in [5, 5.41) is 3.40. The second-order valence-corrected chi connectivity index (χ2v) is 4.39. The minimum atomic E-state index is -0.330. The van der Waals surface area contributed by atoms with E-state index in [4.69, 9.17) is 0 Å². The third-order valence-electron chi connectivity index (χ3n) is 2.03. The molecule has 92 valence electrons. The molecule has 1 N–H and O–H groups in total. The van der Waals surface area contributed by atoms with E-state index in [0.29, 0.717) is 5.69 Å². The summed E-state index contributed by atoms with van der Waals surface area (Å²) in [4.78, 5) is 19.4.